The van der Waals surface area contributed by atoms with Gasteiger partial charge >= 0.3 is 0 Å². The quantitative estimate of drug-likeness (QED) is 0.660. The topological polar surface area (TPSA) is 70.9 Å². The number of nitrogens with one attached hydrogen (secondary N) is 1. The van der Waals surface area contributed by atoms with Crippen LogP contribution in [0.3, 0.4) is 0 Å². The van der Waals surface area contributed by atoms with Gasteiger partial charge in [-0.15, -0.1) is 0 Å². The summed E-state index contributed by atoms with van der Waals surface area (Å²) in [5.41, 5.74) is 3.36. The average Bonchev–Trinajstić information content (AvgIpc) is 2.50. The van der Waals surface area contributed by atoms with Crippen LogP contribution in [0.15, 0.2) is 53.6 Å². The van der Waals surface area contributed by atoms with E-state index in [1.54, 1.807) is 36.4 Å². The first-order valence-corrected chi connectivity index (χ1v) is 5.96. The van der Waals surface area contributed by atoms with Crippen molar-refractivity contribution in [2.75, 3.05) is 7.11 Å². The van der Waals surface area contributed by atoms with Gasteiger partial charge in [0.05, 0.1) is 13.3 Å². The lowest BCUT2D eigenvalue weighted by Crippen LogP contribution is -2.17. The van der Waals surface area contributed by atoms with Gasteiger partial charge in [0.1, 0.15) is 11.5 Å². The zero-order chi connectivity index (χ0) is 14.4. The molecule has 0 spiro atoms. The molecule has 0 atom stereocenters. The summed E-state index contributed by atoms with van der Waals surface area (Å²) in [6.07, 6.45) is 1.36. The van der Waals surface area contributed by atoms with E-state index in [0.29, 0.717) is 16.9 Å². The minimum atomic E-state index is -0.316. The number of amides is 1. The van der Waals surface area contributed by atoms with Crippen LogP contribution in [0.2, 0.25) is 0 Å². The van der Waals surface area contributed by atoms with E-state index in [9.17, 15) is 9.90 Å². The molecule has 5 heteroatoms. The molecule has 2 aromatic carbocycles. The SMILES string of the molecule is COc1ccc(O)c(/C=N/NC(=O)c2ccccc2)c1. The Balaban J connectivity index is 2.05. The molecule has 0 radical (unpaired) electrons. The highest BCUT2D eigenvalue weighted by Gasteiger charge is 2.03. The summed E-state index contributed by atoms with van der Waals surface area (Å²) in [5.74, 6) is 0.339. The van der Waals surface area contributed by atoms with Gasteiger partial charge < -0.3 is 9.84 Å². The largest absolute Gasteiger partial charge is 0.507 e. The number of hydrogen-bond donors (Lipinski definition) is 2. The minimum Gasteiger partial charge on any atom is -0.507 e. The van der Waals surface area contributed by atoms with Crippen LogP contribution >= 0.6 is 0 Å². The number of nitrogens with zero attached hydrogens (tertiary/aromatic N) is 1. The fourth-order valence-corrected chi connectivity index (χ4v) is 1.58. The monoisotopic (exact) mass is 270 g/mol. The van der Waals surface area contributed by atoms with Crippen molar-refractivity contribution < 1.29 is 14.6 Å². The van der Waals surface area contributed by atoms with Gasteiger partial charge in [0, 0.05) is 11.1 Å². The Kier molecular flexibility index (Phi) is 4.34. The molecule has 5 nitrogen and oxygen atoms in total. The summed E-state index contributed by atoms with van der Waals surface area (Å²) in [5, 5.41) is 13.5. The van der Waals surface area contributed by atoms with Crippen molar-refractivity contribution in [1.82, 2.24) is 5.43 Å². The number of ether oxygens (including phenoxy) is 1. The van der Waals surface area contributed by atoms with Gasteiger partial charge in [0.15, 0.2) is 0 Å². The number of rotatable bonds is 4. The van der Waals surface area contributed by atoms with Crippen LogP contribution in [0.4, 0.5) is 0 Å². The van der Waals surface area contributed by atoms with Gasteiger partial charge in [-0.25, -0.2) is 5.43 Å². The molecular formula is C15H14N2O3. The Morgan fingerprint density at radius 3 is 2.70 bits per heavy atom. The first-order chi connectivity index (χ1) is 9.70. The molecule has 102 valence electrons. The lowest BCUT2D eigenvalue weighted by Gasteiger charge is -2.03. The third-order valence-electron chi connectivity index (χ3n) is 2.64. The molecule has 0 fully saturated rings. The van der Waals surface area contributed by atoms with E-state index in [-0.39, 0.29) is 11.7 Å². The number of carbonyl (C=O) groups is 1. The molecule has 1 amide bonds. The van der Waals surface area contributed by atoms with E-state index in [1.807, 2.05) is 6.07 Å². The maximum Gasteiger partial charge on any atom is 0.271 e. The Morgan fingerprint density at radius 1 is 1.25 bits per heavy atom. The Morgan fingerprint density at radius 2 is 2.00 bits per heavy atom. The summed E-state index contributed by atoms with van der Waals surface area (Å²) in [6.45, 7) is 0. The second-order valence-electron chi connectivity index (χ2n) is 3.99. The zero-order valence-corrected chi connectivity index (χ0v) is 10.9. The van der Waals surface area contributed by atoms with Gasteiger partial charge in [-0.2, -0.15) is 5.10 Å². The molecule has 2 aromatic rings. The molecule has 0 saturated heterocycles. The molecular weight excluding hydrogens is 256 g/mol. The van der Waals surface area contributed by atoms with E-state index in [2.05, 4.69) is 10.5 Å². The summed E-state index contributed by atoms with van der Waals surface area (Å²) in [7, 11) is 1.53. The highest BCUT2D eigenvalue weighted by Crippen LogP contribution is 2.20. The highest BCUT2D eigenvalue weighted by molar-refractivity contribution is 5.95. The van der Waals surface area contributed by atoms with Crippen LogP contribution in [0.25, 0.3) is 0 Å². The number of phenolic OH excluding ortho intramolecular Hbond substituents is 1. The van der Waals surface area contributed by atoms with E-state index in [1.165, 1.54) is 19.4 Å². The summed E-state index contributed by atoms with van der Waals surface area (Å²) >= 11 is 0. The second-order valence-corrected chi connectivity index (χ2v) is 3.99. The number of carbonyl (C=O) groups excluding carboxylic acids is 1. The predicted octanol–water partition coefficient (Wildman–Crippen LogP) is 2.16. The van der Waals surface area contributed by atoms with E-state index >= 15 is 0 Å². The fourth-order valence-electron chi connectivity index (χ4n) is 1.58. The lowest BCUT2D eigenvalue weighted by molar-refractivity contribution is 0.0955. The first kappa shape index (κ1) is 13.6. The van der Waals surface area contributed by atoms with Crippen molar-refractivity contribution >= 4 is 12.1 Å². The van der Waals surface area contributed by atoms with Gasteiger partial charge in [-0.1, -0.05) is 18.2 Å². The molecule has 0 aliphatic rings. The Bertz CT molecular complexity index is 624. The van der Waals surface area contributed by atoms with Crippen molar-refractivity contribution in [3.63, 3.8) is 0 Å². The Hall–Kier alpha value is -2.82. The molecule has 2 N–H and O–H groups in total. The number of aromatic hydroxyl groups is 1. The third-order valence-corrected chi connectivity index (χ3v) is 2.64. The molecule has 0 aromatic heterocycles. The molecule has 0 unspecified atom stereocenters. The van der Waals surface area contributed by atoms with Gasteiger partial charge in [-0.3, -0.25) is 4.79 Å². The van der Waals surface area contributed by atoms with Crippen molar-refractivity contribution in [2.45, 2.75) is 0 Å². The molecule has 0 aliphatic carbocycles. The second kappa shape index (κ2) is 6.38. The molecule has 2 rings (SSSR count). The van der Waals surface area contributed by atoms with Crippen LogP contribution in [0.1, 0.15) is 15.9 Å². The van der Waals surface area contributed by atoms with Gasteiger partial charge in [-0.05, 0) is 30.3 Å². The molecule has 0 heterocycles. The van der Waals surface area contributed by atoms with Crippen molar-refractivity contribution in [3.8, 4) is 11.5 Å². The van der Waals surface area contributed by atoms with Crippen LogP contribution < -0.4 is 10.2 Å². The Labute approximate surface area is 116 Å². The molecule has 0 saturated carbocycles. The lowest BCUT2D eigenvalue weighted by atomic mass is 10.2. The number of hydrazone groups is 1. The standard InChI is InChI=1S/C15H14N2O3/c1-20-13-7-8-14(18)12(9-13)10-16-17-15(19)11-5-3-2-4-6-11/h2-10,18H,1H3,(H,17,19)/b16-10+. The summed E-state index contributed by atoms with van der Waals surface area (Å²) in [4.78, 5) is 11.7. The molecule has 0 bridgehead atoms. The highest BCUT2D eigenvalue weighted by atomic mass is 16.5. The predicted molar refractivity (Wildman–Crippen MR) is 76.2 cm³/mol. The van der Waals surface area contributed by atoms with Crippen LogP contribution in [-0.4, -0.2) is 24.3 Å². The average molecular weight is 270 g/mol. The molecule has 20 heavy (non-hydrogen) atoms. The smallest absolute Gasteiger partial charge is 0.271 e. The summed E-state index contributed by atoms with van der Waals surface area (Å²) < 4.78 is 5.05. The maximum absolute atomic E-state index is 11.7. The van der Waals surface area contributed by atoms with Crippen molar-refractivity contribution in [3.05, 3.63) is 59.7 Å². The zero-order valence-electron chi connectivity index (χ0n) is 10.9. The summed E-state index contributed by atoms with van der Waals surface area (Å²) in [6, 6.07) is 13.5. The number of hydrogen-bond acceptors (Lipinski definition) is 4. The maximum atomic E-state index is 11.7. The van der Waals surface area contributed by atoms with Gasteiger partial charge in [0.2, 0.25) is 0 Å². The number of methoxy groups -OCH3 is 1. The normalized spacial score (nSPS) is 10.4. The van der Waals surface area contributed by atoms with Crippen molar-refractivity contribution in [1.29, 1.82) is 0 Å². The van der Waals surface area contributed by atoms with E-state index in [4.69, 9.17) is 4.74 Å². The van der Waals surface area contributed by atoms with Crippen LogP contribution in [-0.2, 0) is 0 Å². The minimum absolute atomic E-state index is 0.0588. The van der Waals surface area contributed by atoms with Crippen molar-refractivity contribution in [2.24, 2.45) is 5.10 Å². The fraction of sp³-hybridized carbons (Fsp3) is 0.0667. The van der Waals surface area contributed by atoms with Crippen LogP contribution in [0, 0.1) is 0 Å². The number of benzene rings is 2. The third kappa shape index (κ3) is 3.35. The van der Waals surface area contributed by atoms with Gasteiger partial charge in [0.25, 0.3) is 5.91 Å². The van der Waals surface area contributed by atoms with E-state index in [0.717, 1.165) is 0 Å². The van der Waals surface area contributed by atoms with E-state index < -0.39 is 0 Å². The first-order valence-electron chi connectivity index (χ1n) is 5.96. The van der Waals surface area contributed by atoms with Crippen LogP contribution in [0.5, 0.6) is 11.5 Å². The molecule has 0 aliphatic heterocycles. The number of phenols is 1.